The molecule has 110 valence electrons. The average Bonchev–Trinajstić information content (AvgIpc) is 2.42. The van der Waals surface area contributed by atoms with Crippen LogP contribution in [0.4, 0.5) is 4.79 Å². The number of rotatable bonds is 7. The van der Waals surface area contributed by atoms with Crippen LogP contribution in [0.3, 0.4) is 0 Å². The average molecular weight is 273 g/mol. The topological polar surface area (TPSA) is 90.9 Å². The molecule has 0 spiro atoms. The van der Waals surface area contributed by atoms with Crippen molar-refractivity contribution in [3.8, 4) is 0 Å². The van der Waals surface area contributed by atoms with Crippen LogP contribution >= 0.6 is 0 Å². The number of carboxylic acids is 1. The summed E-state index contributed by atoms with van der Waals surface area (Å²) in [7, 11) is 0. The third-order valence-electron chi connectivity index (χ3n) is 3.05. The zero-order chi connectivity index (χ0) is 14.1. The van der Waals surface area contributed by atoms with Crippen LogP contribution in [0, 0.1) is 0 Å². The summed E-state index contributed by atoms with van der Waals surface area (Å²) in [5, 5.41) is 13.9. The molecule has 1 saturated heterocycles. The van der Waals surface area contributed by atoms with E-state index in [-0.39, 0.29) is 0 Å². The number of nitrogens with one attached hydrogen (secondary N) is 2. The van der Waals surface area contributed by atoms with Crippen LogP contribution in [0.25, 0.3) is 0 Å². The molecule has 7 heteroatoms. The van der Waals surface area contributed by atoms with E-state index in [2.05, 4.69) is 15.5 Å². The maximum absolute atomic E-state index is 11.4. The fraction of sp³-hybridized carbons (Fsp3) is 0.833. The molecule has 1 heterocycles. The van der Waals surface area contributed by atoms with E-state index in [0.717, 1.165) is 39.3 Å². The Morgan fingerprint density at radius 3 is 2.63 bits per heavy atom. The van der Waals surface area contributed by atoms with Crippen molar-refractivity contribution in [1.29, 1.82) is 0 Å². The second-order valence-corrected chi connectivity index (χ2v) is 4.51. The number of urea groups is 1. The second-order valence-electron chi connectivity index (χ2n) is 4.51. The molecule has 0 aromatic heterocycles. The van der Waals surface area contributed by atoms with Gasteiger partial charge >= 0.3 is 12.0 Å². The Labute approximate surface area is 113 Å². The maximum Gasteiger partial charge on any atom is 0.326 e. The van der Waals surface area contributed by atoms with E-state index in [4.69, 9.17) is 9.84 Å². The standard InChI is InChI=1S/C12H23N3O4/c1-2-10(11(16)17)14-12(18)13-4-3-5-15-6-8-19-9-7-15/h10H,2-9H2,1H3,(H,16,17)(H2,13,14,18)/t10-/m0/s1. The van der Waals surface area contributed by atoms with E-state index in [0.29, 0.717) is 13.0 Å². The van der Waals surface area contributed by atoms with Crippen LogP contribution < -0.4 is 10.6 Å². The number of aliphatic carboxylic acids is 1. The molecule has 2 amide bonds. The van der Waals surface area contributed by atoms with Crippen molar-refractivity contribution in [3.63, 3.8) is 0 Å². The van der Waals surface area contributed by atoms with Crippen LogP contribution in [0.15, 0.2) is 0 Å². The molecule has 3 N–H and O–H groups in total. The summed E-state index contributed by atoms with van der Waals surface area (Å²) in [6.45, 7) is 6.58. The van der Waals surface area contributed by atoms with Gasteiger partial charge in [0, 0.05) is 19.6 Å². The van der Waals surface area contributed by atoms with Crippen LogP contribution in [0.5, 0.6) is 0 Å². The first-order chi connectivity index (χ1) is 9.13. The van der Waals surface area contributed by atoms with Crippen molar-refractivity contribution in [2.45, 2.75) is 25.8 Å². The zero-order valence-electron chi connectivity index (χ0n) is 11.4. The molecule has 0 unspecified atom stereocenters. The highest BCUT2D eigenvalue weighted by atomic mass is 16.5. The molecule has 1 rings (SSSR count). The molecule has 0 bridgehead atoms. The summed E-state index contributed by atoms with van der Waals surface area (Å²) in [5.41, 5.74) is 0. The molecule has 0 aromatic carbocycles. The van der Waals surface area contributed by atoms with Crippen LogP contribution in [0.2, 0.25) is 0 Å². The number of carbonyl (C=O) groups excluding carboxylic acids is 1. The number of carbonyl (C=O) groups is 2. The first-order valence-corrected chi connectivity index (χ1v) is 6.70. The van der Waals surface area contributed by atoms with Crippen molar-refractivity contribution < 1.29 is 19.4 Å². The van der Waals surface area contributed by atoms with E-state index < -0.39 is 18.0 Å². The van der Waals surface area contributed by atoms with Crippen LogP contribution in [0.1, 0.15) is 19.8 Å². The zero-order valence-corrected chi connectivity index (χ0v) is 11.4. The molecule has 1 aliphatic rings. The highest BCUT2D eigenvalue weighted by molar-refractivity contribution is 5.82. The van der Waals surface area contributed by atoms with E-state index in [1.54, 1.807) is 6.92 Å². The van der Waals surface area contributed by atoms with Gasteiger partial charge in [-0.3, -0.25) is 4.90 Å². The second kappa shape index (κ2) is 8.71. The number of amides is 2. The fourth-order valence-electron chi connectivity index (χ4n) is 1.88. The monoisotopic (exact) mass is 273 g/mol. The van der Waals surface area contributed by atoms with Gasteiger partial charge in [0.2, 0.25) is 0 Å². The first kappa shape index (κ1) is 15.7. The molecule has 19 heavy (non-hydrogen) atoms. The summed E-state index contributed by atoms with van der Waals surface area (Å²) in [4.78, 5) is 24.5. The number of nitrogens with zero attached hydrogens (tertiary/aromatic N) is 1. The Balaban J connectivity index is 2.07. The van der Waals surface area contributed by atoms with Gasteiger partial charge in [-0.1, -0.05) is 6.92 Å². The van der Waals surface area contributed by atoms with Crippen LogP contribution in [-0.2, 0) is 9.53 Å². The van der Waals surface area contributed by atoms with Gasteiger partial charge in [-0.05, 0) is 19.4 Å². The summed E-state index contributed by atoms with van der Waals surface area (Å²) >= 11 is 0. The minimum atomic E-state index is -1.01. The van der Waals surface area contributed by atoms with Gasteiger partial charge in [0.25, 0.3) is 0 Å². The van der Waals surface area contributed by atoms with E-state index >= 15 is 0 Å². The number of carboxylic acid groups (broad SMARTS) is 1. The van der Waals surface area contributed by atoms with Crippen LogP contribution in [-0.4, -0.2) is 67.4 Å². The van der Waals surface area contributed by atoms with Gasteiger partial charge in [-0.2, -0.15) is 0 Å². The van der Waals surface area contributed by atoms with Gasteiger partial charge in [-0.15, -0.1) is 0 Å². The van der Waals surface area contributed by atoms with Crippen molar-refractivity contribution in [1.82, 2.24) is 15.5 Å². The largest absolute Gasteiger partial charge is 0.480 e. The Morgan fingerprint density at radius 1 is 1.37 bits per heavy atom. The predicted molar refractivity (Wildman–Crippen MR) is 70.1 cm³/mol. The molecular formula is C12H23N3O4. The summed E-state index contributed by atoms with van der Waals surface area (Å²) in [5.74, 6) is -1.01. The van der Waals surface area contributed by atoms with E-state index in [9.17, 15) is 9.59 Å². The minimum absolute atomic E-state index is 0.372. The molecule has 1 fully saturated rings. The summed E-state index contributed by atoms with van der Waals surface area (Å²) in [6, 6.07) is -1.24. The summed E-state index contributed by atoms with van der Waals surface area (Å²) in [6.07, 6.45) is 1.22. The third-order valence-corrected chi connectivity index (χ3v) is 3.05. The number of hydrogen-bond acceptors (Lipinski definition) is 4. The number of hydrogen-bond donors (Lipinski definition) is 3. The lowest BCUT2D eigenvalue weighted by Crippen LogP contribution is -2.46. The lowest BCUT2D eigenvalue weighted by molar-refractivity contribution is -0.139. The van der Waals surface area contributed by atoms with Crippen molar-refractivity contribution in [2.24, 2.45) is 0 Å². The Kier molecular flexibility index (Phi) is 7.20. The molecule has 1 aliphatic heterocycles. The smallest absolute Gasteiger partial charge is 0.326 e. The van der Waals surface area contributed by atoms with Gasteiger partial charge in [0.15, 0.2) is 0 Å². The lowest BCUT2D eigenvalue weighted by atomic mass is 10.2. The Bertz CT molecular complexity index is 293. The van der Waals surface area contributed by atoms with Gasteiger partial charge in [0.1, 0.15) is 6.04 Å². The van der Waals surface area contributed by atoms with Gasteiger partial charge in [0.05, 0.1) is 13.2 Å². The number of ether oxygens (including phenoxy) is 1. The number of morpholine rings is 1. The van der Waals surface area contributed by atoms with Gasteiger partial charge < -0.3 is 20.5 Å². The quantitative estimate of drug-likeness (QED) is 0.562. The SMILES string of the molecule is CC[C@H](NC(=O)NCCCN1CCOCC1)C(=O)O. The molecule has 7 nitrogen and oxygen atoms in total. The Morgan fingerprint density at radius 2 is 2.05 bits per heavy atom. The molecular weight excluding hydrogens is 250 g/mol. The fourth-order valence-corrected chi connectivity index (χ4v) is 1.88. The predicted octanol–water partition coefficient (Wildman–Crippen LogP) is -0.129. The molecule has 0 aliphatic carbocycles. The van der Waals surface area contributed by atoms with E-state index in [1.807, 2.05) is 0 Å². The van der Waals surface area contributed by atoms with Gasteiger partial charge in [-0.25, -0.2) is 9.59 Å². The lowest BCUT2D eigenvalue weighted by Gasteiger charge is -2.26. The molecule has 1 atom stereocenters. The first-order valence-electron chi connectivity index (χ1n) is 6.70. The highest BCUT2D eigenvalue weighted by Gasteiger charge is 2.17. The minimum Gasteiger partial charge on any atom is -0.480 e. The molecule has 0 radical (unpaired) electrons. The molecule has 0 aromatic rings. The summed E-state index contributed by atoms with van der Waals surface area (Å²) < 4.78 is 5.25. The highest BCUT2D eigenvalue weighted by Crippen LogP contribution is 1.97. The van der Waals surface area contributed by atoms with Crippen molar-refractivity contribution in [2.75, 3.05) is 39.4 Å². The molecule has 0 saturated carbocycles. The normalized spacial score (nSPS) is 17.7. The Hall–Kier alpha value is -1.34. The van der Waals surface area contributed by atoms with Crippen molar-refractivity contribution >= 4 is 12.0 Å². The third kappa shape index (κ3) is 6.40. The van der Waals surface area contributed by atoms with E-state index in [1.165, 1.54) is 0 Å². The maximum atomic E-state index is 11.4. The van der Waals surface area contributed by atoms with Crippen molar-refractivity contribution in [3.05, 3.63) is 0 Å².